The largest absolute Gasteiger partial charge is 0.491 e. The van der Waals surface area contributed by atoms with Gasteiger partial charge in [0.2, 0.25) is 0 Å². The molecule has 0 unspecified atom stereocenters. The van der Waals surface area contributed by atoms with Gasteiger partial charge in [-0.25, -0.2) is 0 Å². The molecule has 0 aromatic heterocycles. The van der Waals surface area contributed by atoms with Crippen molar-refractivity contribution in [3.05, 3.63) is 35.3 Å². The maximum Gasteiger partial charge on any atom is 0.491 e. The molecule has 1 N–H and O–H groups in total. The summed E-state index contributed by atoms with van der Waals surface area (Å²) in [7, 11) is 1.57. The predicted octanol–water partition coefficient (Wildman–Crippen LogP) is 3.67. The van der Waals surface area contributed by atoms with Crippen LogP contribution in [0.2, 0.25) is 0 Å². The van der Waals surface area contributed by atoms with E-state index in [1.54, 1.807) is 0 Å². The van der Waals surface area contributed by atoms with Crippen LogP contribution in [0.25, 0.3) is 6.08 Å². The second kappa shape index (κ2) is 6.07. The van der Waals surface area contributed by atoms with Gasteiger partial charge in [0.1, 0.15) is 0 Å². The van der Waals surface area contributed by atoms with Crippen LogP contribution in [0.4, 0.5) is 5.69 Å². The van der Waals surface area contributed by atoms with Gasteiger partial charge in [-0.15, -0.1) is 0 Å². The summed E-state index contributed by atoms with van der Waals surface area (Å²) in [5.41, 5.74) is 2.57. The van der Waals surface area contributed by atoms with Gasteiger partial charge in [0.05, 0.1) is 11.2 Å². The minimum atomic E-state index is -0.342. The summed E-state index contributed by atoms with van der Waals surface area (Å²) in [6.07, 6.45) is 2.09. The minimum absolute atomic E-state index is 0.327. The highest BCUT2D eigenvalue weighted by atomic mass is 32.1. The number of rotatable bonds is 4. The molecule has 0 aliphatic carbocycles. The van der Waals surface area contributed by atoms with Gasteiger partial charge < -0.3 is 14.6 Å². The lowest BCUT2D eigenvalue weighted by Gasteiger charge is -2.32. The van der Waals surface area contributed by atoms with Gasteiger partial charge in [-0.05, 0) is 50.9 Å². The van der Waals surface area contributed by atoms with E-state index in [0.717, 1.165) is 16.7 Å². The predicted molar refractivity (Wildman–Crippen MR) is 93.9 cm³/mol. The summed E-state index contributed by atoms with van der Waals surface area (Å²) in [6, 6.07) is 8.22. The Morgan fingerprint density at radius 1 is 1.24 bits per heavy atom. The molecule has 1 saturated heterocycles. The van der Waals surface area contributed by atoms with Crippen molar-refractivity contribution in [3.63, 3.8) is 0 Å². The van der Waals surface area contributed by atoms with Crippen molar-refractivity contribution in [2.45, 2.75) is 38.9 Å². The van der Waals surface area contributed by atoms with Crippen LogP contribution < -0.4 is 5.32 Å². The summed E-state index contributed by atoms with van der Waals surface area (Å²) in [5, 5.41) is 3.14. The molecular weight excluding hydrogens is 281 g/mol. The molecular formula is C16H24BNO2S. The Kier molecular flexibility index (Phi) is 4.76. The van der Waals surface area contributed by atoms with E-state index < -0.39 is 0 Å². The van der Waals surface area contributed by atoms with E-state index in [1.807, 2.05) is 19.2 Å². The number of nitrogens with one attached hydrogen (secondary N) is 1. The first-order valence-electron chi connectivity index (χ1n) is 7.24. The van der Waals surface area contributed by atoms with Crippen LogP contribution in [0, 0.1) is 0 Å². The van der Waals surface area contributed by atoms with E-state index >= 15 is 0 Å². The molecule has 0 atom stereocenters. The highest BCUT2D eigenvalue weighted by Crippen LogP contribution is 2.39. The average Bonchev–Trinajstić information content (AvgIpc) is 2.65. The normalized spacial score (nSPS) is 20.7. The van der Waals surface area contributed by atoms with E-state index in [2.05, 4.69) is 63.8 Å². The van der Waals surface area contributed by atoms with Crippen molar-refractivity contribution in [2.24, 2.45) is 0 Å². The Balaban J connectivity index is 2.26. The maximum atomic E-state index is 6.09. The second-order valence-electron chi connectivity index (χ2n) is 6.34. The van der Waals surface area contributed by atoms with E-state index in [1.165, 1.54) is 0 Å². The number of thiol groups is 1. The van der Waals surface area contributed by atoms with Crippen LogP contribution in [-0.4, -0.2) is 31.1 Å². The highest BCUT2D eigenvalue weighted by Gasteiger charge is 2.52. The highest BCUT2D eigenvalue weighted by molar-refractivity contribution is 7.80. The molecule has 0 bridgehead atoms. The quantitative estimate of drug-likeness (QED) is 0.657. The van der Waals surface area contributed by atoms with Gasteiger partial charge in [-0.1, -0.05) is 18.2 Å². The maximum absolute atomic E-state index is 6.09. The van der Waals surface area contributed by atoms with E-state index in [-0.39, 0.29) is 18.3 Å². The lowest BCUT2D eigenvalue weighted by molar-refractivity contribution is 0.00578. The number of anilines is 1. The molecule has 1 aromatic carbocycles. The van der Waals surface area contributed by atoms with Crippen LogP contribution >= 0.6 is 12.6 Å². The smallest absolute Gasteiger partial charge is 0.400 e. The monoisotopic (exact) mass is 305 g/mol. The Hall–Kier alpha value is -0.905. The van der Waals surface area contributed by atoms with Crippen LogP contribution in [0.3, 0.4) is 0 Å². The summed E-state index contributed by atoms with van der Waals surface area (Å²) in [6.45, 7) is 8.24. The molecule has 0 amide bonds. The van der Waals surface area contributed by atoms with Crippen molar-refractivity contribution in [1.82, 2.24) is 0 Å². The van der Waals surface area contributed by atoms with E-state index in [4.69, 9.17) is 9.31 Å². The van der Waals surface area contributed by atoms with Gasteiger partial charge in [0, 0.05) is 18.5 Å². The molecule has 114 valence electrons. The molecule has 1 aliphatic heterocycles. The van der Waals surface area contributed by atoms with Crippen molar-refractivity contribution < 1.29 is 9.31 Å². The van der Waals surface area contributed by atoms with E-state index in [9.17, 15) is 0 Å². The average molecular weight is 305 g/mol. The SMILES string of the molecule is CNc1cccc(C=C(CS)B2OC(C)(C)C(C)(C)O2)c1. The lowest BCUT2D eigenvalue weighted by atomic mass is 9.78. The molecule has 21 heavy (non-hydrogen) atoms. The zero-order chi connectivity index (χ0) is 15.7. The van der Waals surface area contributed by atoms with Gasteiger partial charge in [-0.3, -0.25) is 0 Å². The Morgan fingerprint density at radius 3 is 2.38 bits per heavy atom. The van der Waals surface area contributed by atoms with Gasteiger partial charge >= 0.3 is 7.12 Å². The molecule has 0 radical (unpaired) electrons. The van der Waals surface area contributed by atoms with Crippen LogP contribution in [0.1, 0.15) is 33.3 Å². The minimum Gasteiger partial charge on any atom is -0.400 e. The molecule has 1 aromatic rings. The summed E-state index contributed by atoms with van der Waals surface area (Å²) in [4.78, 5) is 0. The van der Waals surface area contributed by atoms with E-state index in [0.29, 0.717) is 5.75 Å². The molecule has 5 heteroatoms. The zero-order valence-electron chi connectivity index (χ0n) is 13.4. The molecule has 1 fully saturated rings. The fraction of sp³-hybridized carbons (Fsp3) is 0.500. The fourth-order valence-corrected chi connectivity index (χ4v) is 2.42. The lowest BCUT2D eigenvalue weighted by Crippen LogP contribution is -2.41. The first-order chi connectivity index (χ1) is 9.79. The van der Waals surface area contributed by atoms with Gasteiger partial charge in [0.25, 0.3) is 0 Å². The van der Waals surface area contributed by atoms with Crippen molar-refractivity contribution >= 4 is 31.5 Å². The van der Waals surface area contributed by atoms with Crippen LogP contribution in [0.15, 0.2) is 29.7 Å². The first kappa shape index (κ1) is 16.5. The third kappa shape index (κ3) is 3.47. The standard InChI is InChI=1S/C16H24BNO2S/c1-15(2)16(3,4)20-17(19-15)13(11-21)9-12-7-6-8-14(10-12)18-5/h6-10,18,21H,11H2,1-5H3. The van der Waals surface area contributed by atoms with Crippen molar-refractivity contribution in [3.8, 4) is 0 Å². The third-order valence-electron chi connectivity index (χ3n) is 4.27. The second-order valence-corrected chi connectivity index (χ2v) is 6.66. The topological polar surface area (TPSA) is 30.5 Å². The molecule has 3 nitrogen and oxygen atoms in total. The number of hydrogen-bond donors (Lipinski definition) is 2. The Labute approximate surface area is 133 Å². The Morgan fingerprint density at radius 2 is 1.86 bits per heavy atom. The third-order valence-corrected chi connectivity index (χ3v) is 4.63. The van der Waals surface area contributed by atoms with Crippen LogP contribution in [-0.2, 0) is 9.31 Å². The van der Waals surface area contributed by atoms with Crippen LogP contribution in [0.5, 0.6) is 0 Å². The van der Waals surface area contributed by atoms with Gasteiger partial charge in [0.15, 0.2) is 0 Å². The zero-order valence-corrected chi connectivity index (χ0v) is 14.3. The summed E-state index contributed by atoms with van der Waals surface area (Å²) in [5.74, 6) is 0.598. The van der Waals surface area contributed by atoms with Gasteiger partial charge in [-0.2, -0.15) is 12.6 Å². The Bertz CT molecular complexity index is 527. The molecule has 1 heterocycles. The first-order valence-corrected chi connectivity index (χ1v) is 7.87. The van der Waals surface area contributed by atoms with Crippen molar-refractivity contribution in [2.75, 3.05) is 18.1 Å². The number of hydrogen-bond acceptors (Lipinski definition) is 4. The summed E-state index contributed by atoms with van der Waals surface area (Å²) < 4.78 is 12.2. The van der Waals surface area contributed by atoms with Crippen molar-refractivity contribution in [1.29, 1.82) is 0 Å². The molecule has 1 aliphatic rings. The summed E-state index contributed by atoms with van der Waals surface area (Å²) >= 11 is 4.44. The number of benzene rings is 1. The molecule has 2 rings (SSSR count). The molecule has 0 saturated carbocycles. The fourth-order valence-electron chi connectivity index (χ4n) is 2.18. The molecule has 0 spiro atoms.